The number of rotatable bonds is 4. The van der Waals surface area contributed by atoms with Gasteiger partial charge in [0.15, 0.2) is 0 Å². The quantitative estimate of drug-likeness (QED) is 0.613. The summed E-state index contributed by atoms with van der Waals surface area (Å²) in [4.78, 5) is 11.3. The molecule has 1 aromatic carbocycles. The summed E-state index contributed by atoms with van der Waals surface area (Å²) < 4.78 is 4.83. The molecule has 1 unspecified atom stereocenters. The average molecular weight is 261 g/mol. The molecule has 0 bridgehead atoms. The van der Waals surface area contributed by atoms with Crippen molar-refractivity contribution in [1.82, 2.24) is 0 Å². The number of carbonyl (C=O) groups is 1. The third-order valence-corrected chi connectivity index (χ3v) is 2.93. The lowest BCUT2D eigenvalue weighted by Gasteiger charge is -2.09. The Morgan fingerprint density at radius 1 is 1.50 bits per heavy atom. The molecule has 0 radical (unpaired) electrons. The van der Waals surface area contributed by atoms with Gasteiger partial charge in [-0.05, 0) is 37.5 Å². The summed E-state index contributed by atoms with van der Waals surface area (Å²) in [6, 6.07) is 5.65. The van der Waals surface area contributed by atoms with Crippen LogP contribution in [0.5, 0.6) is 0 Å². The SMILES string of the molecule is CCOC(=O)C(Cl)Cc1ccc(C)c(Cl)c1. The number of alkyl halides is 1. The highest BCUT2D eigenvalue weighted by atomic mass is 35.5. The molecule has 16 heavy (non-hydrogen) atoms. The van der Waals surface area contributed by atoms with Crippen LogP contribution in [0.3, 0.4) is 0 Å². The summed E-state index contributed by atoms with van der Waals surface area (Å²) in [5.74, 6) is -0.388. The minimum Gasteiger partial charge on any atom is -0.465 e. The molecule has 0 saturated heterocycles. The third-order valence-electron chi connectivity index (χ3n) is 2.19. The zero-order valence-corrected chi connectivity index (χ0v) is 10.8. The van der Waals surface area contributed by atoms with Crippen LogP contribution in [0.15, 0.2) is 18.2 Å². The van der Waals surface area contributed by atoms with Crippen LogP contribution in [0.4, 0.5) is 0 Å². The maximum Gasteiger partial charge on any atom is 0.324 e. The van der Waals surface area contributed by atoms with Crippen molar-refractivity contribution in [2.45, 2.75) is 25.6 Å². The number of carbonyl (C=O) groups excluding carboxylic acids is 1. The van der Waals surface area contributed by atoms with Crippen molar-refractivity contribution < 1.29 is 9.53 Å². The first-order valence-electron chi connectivity index (χ1n) is 5.10. The summed E-state index contributed by atoms with van der Waals surface area (Å²) in [6.07, 6.45) is 0.431. The molecule has 0 heterocycles. The molecule has 88 valence electrons. The fourth-order valence-corrected chi connectivity index (χ4v) is 1.73. The van der Waals surface area contributed by atoms with Crippen LogP contribution in [-0.2, 0) is 16.0 Å². The minimum absolute atomic E-state index is 0.344. The van der Waals surface area contributed by atoms with E-state index in [0.717, 1.165) is 11.1 Å². The Labute approximate surface area is 106 Å². The van der Waals surface area contributed by atoms with Crippen molar-refractivity contribution in [1.29, 1.82) is 0 Å². The predicted octanol–water partition coefficient (Wildman–Crippen LogP) is 3.36. The lowest BCUT2D eigenvalue weighted by molar-refractivity contribution is -0.142. The topological polar surface area (TPSA) is 26.3 Å². The van der Waals surface area contributed by atoms with Crippen LogP contribution < -0.4 is 0 Å². The molecule has 1 atom stereocenters. The fourth-order valence-electron chi connectivity index (χ4n) is 1.29. The Morgan fingerprint density at radius 2 is 2.19 bits per heavy atom. The lowest BCUT2D eigenvalue weighted by atomic mass is 10.1. The molecule has 0 aliphatic rings. The first-order chi connectivity index (χ1) is 7.54. The van der Waals surface area contributed by atoms with E-state index in [0.29, 0.717) is 18.1 Å². The number of hydrogen-bond donors (Lipinski definition) is 0. The Morgan fingerprint density at radius 3 is 2.75 bits per heavy atom. The Bertz CT molecular complexity index is 377. The van der Waals surface area contributed by atoms with Crippen molar-refractivity contribution >= 4 is 29.2 Å². The average Bonchev–Trinajstić information content (AvgIpc) is 2.24. The summed E-state index contributed by atoms with van der Waals surface area (Å²) >= 11 is 11.9. The molecule has 4 heteroatoms. The molecule has 1 aromatic rings. The highest BCUT2D eigenvalue weighted by Gasteiger charge is 2.17. The largest absolute Gasteiger partial charge is 0.465 e. The normalized spacial score (nSPS) is 12.2. The molecule has 0 aliphatic carbocycles. The molecule has 1 rings (SSSR count). The van der Waals surface area contributed by atoms with E-state index < -0.39 is 5.38 Å². The maximum absolute atomic E-state index is 11.3. The summed E-state index contributed by atoms with van der Waals surface area (Å²) in [7, 11) is 0. The highest BCUT2D eigenvalue weighted by Crippen LogP contribution is 2.19. The second kappa shape index (κ2) is 6.12. The molecule has 0 fully saturated rings. The van der Waals surface area contributed by atoms with Crippen molar-refractivity contribution in [3.63, 3.8) is 0 Å². The van der Waals surface area contributed by atoms with Crippen LogP contribution in [0, 0.1) is 6.92 Å². The molecule has 0 aliphatic heterocycles. The molecule has 0 aromatic heterocycles. The predicted molar refractivity (Wildman–Crippen MR) is 66.2 cm³/mol. The number of ether oxygens (including phenoxy) is 1. The van der Waals surface area contributed by atoms with Crippen LogP contribution in [0.1, 0.15) is 18.1 Å². The molecular formula is C12H14Cl2O2. The third kappa shape index (κ3) is 3.69. The molecule has 0 saturated carbocycles. The van der Waals surface area contributed by atoms with Gasteiger partial charge >= 0.3 is 5.97 Å². The number of esters is 1. The number of halogens is 2. The van der Waals surface area contributed by atoms with Crippen molar-refractivity contribution in [3.05, 3.63) is 34.3 Å². The van der Waals surface area contributed by atoms with Gasteiger partial charge in [0.25, 0.3) is 0 Å². The van der Waals surface area contributed by atoms with Crippen LogP contribution in [-0.4, -0.2) is 18.0 Å². The fraction of sp³-hybridized carbons (Fsp3) is 0.417. The minimum atomic E-state index is -0.654. The first-order valence-corrected chi connectivity index (χ1v) is 5.91. The second-order valence-corrected chi connectivity index (χ2v) is 4.44. The zero-order valence-electron chi connectivity index (χ0n) is 9.30. The van der Waals surface area contributed by atoms with E-state index in [4.69, 9.17) is 27.9 Å². The van der Waals surface area contributed by atoms with E-state index in [1.165, 1.54) is 0 Å². The zero-order chi connectivity index (χ0) is 12.1. The van der Waals surface area contributed by atoms with Gasteiger partial charge in [-0.2, -0.15) is 0 Å². The molecule has 0 amide bonds. The van der Waals surface area contributed by atoms with Crippen LogP contribution in [0.25, 0.3) is 0 Å². The summed E-state index contributed by atoms with van der Waals surface area (Å²) in [5.41, 5.74) is 1.94. The van der Waals surface area contributed by atoms with Gasteiger partial charge in [0.05, 0.1) is 6.61 Å². The van der Waals surface area contributed by atoms with E-state index in [1.54, 1.807) is 6.92 Å². The number of benzene rings is 1. The molecule has 2 nitrogen and oxygen atoms in total. The number of aryl methyl sites for hydroxylation is 1. The van der Waals surface area contributed by atoms with Crippen LogP contribution >= 0.6 is 23.2 Å². The van der Waals surface area contributed by atoms with Gasteiger partial charge in [-0.15, -0.1) is 11.6 Å². The van der Waals surface area contributed by atoms with Gasteiger partial charge in [-0.1, -0.05) is 23.7 Å². The van der Waals surface area contributed by atoms with E-state index in [1.807, 2.05) is 25.1 Å². The molecule has 0 N–H and O–H groups in total. The monoisotopic (exact) mass is 260 g/mol. The van der Waals surface area contributed by atoms with Crippen molar-refractivity contribution in [2.75, 3.05) is 6.61 Å². The van der Waals surface area contributed by atoms with Crippen molar-refractivity contribution in [2.24, 2.45) is 0 Å². The Kier molecular flexibility index (Phi) is 5.10. The highest BCUT2D eigenvalue weighted by molar-refractivity contribution is 6.31. The maximum atomic E-state index is 11.3. The van der Waals surface area contributed by atoms with Gasteiger partial charge < -0.3 is 4.74 Å². The Balaban J connectivity index is 2.66. The van der Waals surface area contributed by atoms with E-state index >= 15 is 0 Å². The summed E-state index contributed by atoms with van der Waals surface area (Å²) in [5, 5.41) is 0.0314. The lowest BCUT2D eigenvalue weighted by Crippen LogP contribution is -2.20. The molecule has 0 spiro atoms. The standard InChI is InChI=1S/C12H14Cl2O2/c1-3-16-12(15)11(14)7-9-5-4-8(2)10(13)6-9/h4-6,11H,3,7H2,1-2H3. The van der Waals surface area contributed by atoms with Gasteiger partial charge in [0.1, 0.15) is 5.38 Å². The smallest absolute Gasteiger partial charge is 0.324 e. The van der Waals surface area contributed by atoms with Gasteiger partial charge in [0, 0.05) is 5.02 Å². The van der Waals surface area contributed by atoms with E-state index in [9.17, 15) is 4.79 Å². The van der Waals surface area contributed by atoms with Gasteiger partial charge in [-0.25, -0.2) is 0 Å². The second-order valence-electron chi connectivity index (χ2n) is 3.51. The van der Waals surface area contributed by atoms with E-state index in [-0.39, 0.29) is 5.97 Å². The van der Waals surface area contributed by atoms with Crippen molar-refractivity contribution in [3.8, 4) is 0 Å². The Hall–Kier alpha value is -0.730. The van der Waals surface area contributed by atoms with Crippen LogP contribution in [0.2, 0.25) is 5.02 Å². The summed E-state index contributed by atoms with van der Waals surface area (Å²) in [6.45, 7) is 4.02. The van der Waals surface area contributed by atoms with Gasteiger partial charge in [0.2, 0.25) is 0 Å². The number of hydrogen-bond acceptors (Lipinski definition) is 2. The van der Waals surface area contributed by atoms with Gasteiger partial charge in [-0.3, -0.25) is 4.79 Å². The van der Waals surface area contributed by atoms with E-state index in [2.05, 4.69) is 0 Å². The molecular weight excluding hydrogens is 247 g/mol. The first kappa shape index (κ1) is 13.3.